The molecule has 3 aromatic rings. The van der Waals surface area contributed by atoms with E-state index in [0.29, 0.717) is 28.2 Å². The molecule has 29 heavy (non-hydrogen) atoms. The number of hydrogen-bond donors (Lipinski definition) is 1. The van der Waals surface area contributed by atoms with Gasteiger partial charge in [0.2, 0.25) is 5.91 Å². The first-order chi connectivity index (χ1) is 13.6. The molecule has 6 nitrogen and oxygen atoms in total. The van der Waals surface area contributed by atoms with Crippen molar-refractivity contribution in [3.63, 3.8) is 0 Å². The fraction of sp³-hybridized carbons (Fsp3) is 0.286. The Bertz CT molecular complexity index is 1170. The standard InChI is InChI=1S/C21H23ClN2O4S/c1-13-5-7-16(8-6-13)29(26,27)24-12-18(14(2)11-23-15(3)25)17-9-21(28-4)19(22)10-20(17)24/h5-10,12,14H,11H2,1-4H3,(H,23,25)/t14-/m0/s1. The number of amides is 1. The van der Waals surface area contributed by atoms with Crippen LogP contribution >= 0.6 is 11.6 Å². The van der Waals surface area contributed by atoms with Crippen molar-refractivity contribution in [2.24, 2.45) is 0 Å². The molecule has 0 radical (unpaired) electrons. The second-order valence-electron chi connectivity index (χ2n) is 7.04. The van der Waals surface area contributed by atoms with Gasteiger partial charge < -0.3 is 10.1 Å². The van der Waals surface area contributed by atoms with Gasteiger partial charge in [0, 0.05) is 31.0 Å². The molecule has 0 aliphatic rings. The molecule has 1 atom stereocenters. The minimum atomic E-state index is -3.83. The van der Waals surface area contributed by atoms with Gasteiger partial charge in [0.05, 0.1) is 22.5 Å². The van der Waals surface area contributed by atoms with Crippen molar-refractivity contribution in [1.29, 1.82) is 0 Å². The van der Waals surface area contributed by atoms with Crippen LogP contribution in [0, 0.1) is 6.92 Å². The smallest absolute Gasteiger partial charge is 0.268 e. The fourth-order valence-electron chi connectivity index (χ4n) is 3.20. The first kappa shape index (κ1) is 21.2. The average Bonchev–Trinajstić information content (AvgIpc) is 3.04. The van der Waals surface area contributed by atoms with Gasteiger partial charge in [-0.3, -0.25) is 4.79 Å². The van der Waals surface area contributed by atoms with E-state index in [1.165, 1.54) is 18.0 Å². The Labute approximate surface area is 175 Å². The number of hydrogen-bond acceptors (Lipinski definition) is 4. The Morgan fingerprint density at radius 2 is 1.90 bits per heavy atom. The van der Waals surface area contributed by atoms with Gasteiger partial charge in [-0.05, 0) is 36.8 Å². The SMILES string of the molecule is COc1cc2c([C@@H](C)CNC(C)=O)cn(S(=O)(=O)c3ccc(C)cc3)c2cc1Cl. The van der Waals surface area contributed by atoms with Crippen LogP contribution in [0.3, 0.4) is 0 Å². The lowest BCUT2D eigenvalue weighted by molar-refractivity contribution is -0.119. The maximum Gasteiger partial charge on any atom is 0.268 e. The third-order valence-corrected chi connectivity index (χ3v) is 6.82. The van der Waals surface area contributed by atoms with Crippen LogP contribution in [0.5, 0.6) is 5.75 Å². The van der Waals surface area contributed by atoms with Gasteiger partial charge in [0.15, 0.2) is 0 Å². The van der Waals surface area contributed by atoms with Gasteiger partial charge in [0.25, 0.3) is 10.0 Å². The normalized spacial score (nSPS) is 12.7. The zero-order valence-electron chi connectivity index (χ0n) is 16.7. The van der Waals surface area contributed by atoms with E-state index in [9.17, 15) is 13.2 Å². The third-order valence-electron chi connectivity index (χ3n) is 4.84. The summed E-state index contributed by atoms with van der Waals surface area (Å²) in [5.41, 5.74) is 2.21. The zero-order chi connectivity index (χ0) is 21.3. The van der Waals surface area contributed by atoms with Crippen LogP contribution in [0.15, 0.2) is 47.5 Å². The molecule has 1 amide bonds. The van der Waals surface area contributed by atoms with Gasteiger partial charge in [-0.25, -0.2) is 12.4 Å². The lowest BCUT2D eigenvalue weighted by Crippen LogP contribution is -2.24. The largest absolute Gasteiger partial charge is 0.495 e. The summed E-state index contributed by atoms with van der Waals surface area (Å²) < 4.78 is 33.3. The second-order valence-corrected chi connectivity index (χ2v) is 9.26. The maximum absolute atomic E-state index is 13.3. The molecule has 1 N–H and O–H groups in total. The van der Waals surface area contributed by atoms with Crippen LogP contribution in [0.1, 0.15) is 30.9 Å². The lowest BCUT2D eigenvalue weighted by Gasteiger charge is -2.11. The van der Waals surface area contributed by atoms with Crippen LogP contribution in [-0.2, 0) is 14.8 Å². The molecule has 0 unspecified atom stereocenters. The van der Waals surface area contributed by atoms with Crippen LogP contribution < -0.4 is 10.1 Å². The van der Waals surface area contributed by atoms with Crippen LogP contribution in [0.2, 0.25) is 5.02 Å². The van der Waals surface area contributed by atoms with E-state index in [1.807, 2.05) is 13.8 Å². The minimum Gasteiger partial charge on any atom is -0.495 e. The van der Waals surface area contributed by atoms with Crippen molar-refractivity contribution < 1.29 is 17.9 Å². The Kier molecular flexibility index (Phi) is 5.91. The van der Waals surface area contributed by atoms with E-state index in [0.717, 1.165) is 11.1 Å². The highest BCUT2D eigenvalue weighted by molar-refractivity contribution is 7.90. The van der Waals surface area contributed by atoms with Crippen molar-refractivity contribution >= 4 is 38.4 Å². The van der Waals surface area contributed by atoms with Gasteiger partial charge >= 0.3 is 0 Å². The number of carbonyl (C=O) groups excluding carboxylic acids is 1. The molecule has 0 bridgehead atoms. The van der Waals surface area contributed by atoms with E-state index in [1.54, 1.807) is 42.6 Å². The van der Waals surface area contributed by atoms with Gasteiger partial charge in [0.1, 0.15) is 5.75 Å². The summed E-state index contributed by atoms with van der Waals surface area (Å²) in [4.78, 5) is 11.5. The van der Waals surface area contributed by atoms with Crippen LogP contribution in [0.25, 0.3) is 10.9 Å². The van der Waals surface area contributed by atoms with E-state index in [4.69, 9.17) is 16.3 Å². The van der Waals surface area contributed by atoms with Gasteiger partial charge in [-0.15, -0.1) is 0 Å². The molecule has 1 aromatic heterocycles. The Hall–Kier alpha value is -2.51. The highest BCUT2D eigenvalue weighted by atomic mass is 35.5. The molecule has 0 aliphatic heterocycles. The summed E-state index contributed by atoms with van der Waals surface area (Å²) in [6.07, 6.45) is 1.60. The van der Waals surface area contributed by atoms with Crippen molar-refractivity contribution in [1.82, 2.24) is 9.29 Å². The number of carbonyl (C=O) groups is 1. The molecular formula is C21H23ClN2O4S. The molecule has 1 heterocycles. The van der Waals surface area contributed by atoms with Crippen molar-refractivity contribution in [3.05, 3.63) is 58.7 Å². The number of methoxy groups -OCH3 is 1. The minimum absolute atomic E-state index is 0.123. The summed E-state index contributed by atoms with van der Waals surface area (Å²) in [5.74, 6) is 0.188. The molecule has 8 heteroatoms. The quantitative estimate of drug-likeness (QED) is 0.633. The molecule has 0 aliphatic carbocycles. The van der Waals surface area contributed by atoms with Crippen LogP contribution in [-0.4, -0.2) is 32.0 Å². The van der Waals surface area contributed by atoms with Crippen LogP contribution in [0.4, 0.5) is 0 Å². The van der Waals surface area contributed by atoms with E-state index in [-0.39, 0.29) is 16.7 Å². The zero-order valence-corrected chi connectivity index (χ0v) is 18.3. The number of ether oxygens (including phenoxy) is 1. The number of nitrogens with zero attached hydrogens (tertiary/aromatic N) is 1. The number of nitrogens with one attached hydrogen (secondary N) is 1. The summed E-state index contributed by atoms with van der Waals surface area (Å²) >= 11 is 6.29. The van der Waals surface area contributed by atoms with E-state index in [2.05, 4.69) is 5.32 Å². The number of aryl methyl sites for hydroxylation is 1. The maximum atomic E-state index is 13.3. The molecule has 2 aromatic carbocycles. The molecule has 3 rings (SSSR count). The topological polar surface area (TPSA) is 77.4 Å². The first-order valence-electron chi connectivity index (χ1n) is 9.10. The molecule has 0 saturated carbocycles. The average molecular weight is 435 g/mol. The molecule has 0 fully saturated rings. The number of fused-ring (bicyclic) bond motifs is 1. The number of aromatic nitrogens is 1. The van der Waals surface area contributed by atoms with Gasteiger partial charge in [-0.1, -0.05) is 36.2 Å². The number of halogens is 1. The highest BCUT2D eigenvalue weighted by Gasteiger charge is 2.24. The third kappa shape index (κ3) is 4.11. The molecule has 0 saturated heterocycles. The van der Waals surface area contributed by atoms with Crippen molar-refractivity contribution in [2.45, 2.75) is 31.6 Å². The monoisotopic (exact) mass is 434 g/mol. The Morgan fingerprint density at radius 3 is 2.48 bits per heavy atom. The fourth-order valence-corrected chi connectivity index (χ4v) is 4.80. The lowest BCUT2D eigenvalue weighted by atomic mass is 10.0. The van der Waals surface area contributed by atoms with Crippen molar-refractivity contribution in [2.75, 3.05) is 13.7 Å². The predicted molar refractivity (Wildman–Crippen MR) is 114 cm³/mol. The number of benzene rings is 2. The van der Waals surface area contributed by atoms with Gasteiger partial charge in [-0.2, -0.15) is 0 Å². The summed E-state index contributed by atoms with van der Waals surface area (Å²) in [5, 5.41) is 3.81. The Balaban J connectivity index is 2.23. The van der Waals surface area contributed by atoms with E-state index < -0.39 is 10.0 Å². The molecular weight excluding hydrogens is 412 g/mol. The predicted octanol–water partition coefficient (Wildman–Crippen LogP) is 4.09. The molecule has 0 spiro atoms. The molecule has 154 valence electrons. The highest BCUT2D eigenvalue weighted by Crippen LogP contribution is 2.37. The Morgan fingerprint density at radius 1 is 1.24 bits per heavy atom. The summed E-state index contributed by atoms with van der Waals surface area (Å²) in [6, 6.07) is 10.0. The summed E-state index contributed by atoms with van der Waals surface area (Å²) in [6.45, 7) is 5.65. The second kappa shape index (κ2) is 8.08. The van der Waals surface area contributed by atoms with Crippen molar-refractivity contribution in [3.8, 4) is 5.75 Å². The first-order valence-corrected chi connectivity index (χ1v) is 10.9. The number of rotatable bonds is 6. The summed E-state index contributed by atoms with van der Waals surface area (Å²) in [7, 11) is -2.33. The van der Waals surface area contributed by atoms with E-state index >= 15 is 0 Å².